The van der Waals surface area contributed by atoms with Crippen LogP contribution in [-0.2, 0) is 6.61 Å². The van der Waals surface area contributed by atoms with E-state index in [2.05, 4.69) is 25.0 Å². The summed E-state index contributed by atoms with van der Waals surface area (Å²) in [6.45, 7) is 2.34. The van der Waals surface area contributed by atoms with Gasteiger partial charge in [-0.2, -0.15) is 0 Å². The molecule has 154 valence electrons. The van der Waals surface area contributed by atoms with E-state index in [0.717, 1.165) is 28.7 Å². The Hall–Kier alpha value is -2.36. The highest BCUT2D eigenvalue weighted by molar-refractivity contribution is 7.99. The molecular formula is C20H18ClN5O2S2. The summed E-state index contributed by atoms with van der Waals surface area (Å²) in [7, 11) is 0. The number of thioether (sulfide) groups is 1. The molecule has 10 heteroatoms. The second kappa shape index (κ2) is 8.41. The highest BCUT2D eigenvalue weighted by Crippen LogP contribution is 2.42. The van der Waals surface area contributed by atoms with Gasteiger partial charge in [-0.1, -0.05) is 41.6 Å². The minimum atomic E-state index is -0.0507. The molecule has 7 nitrogen and oxygen atoms in total. The summed E-state index contributed by atoms with van der Waals surface area (Å²) >= 11 is 9.33. The number of thiophene rings is 1. The van der Waals surface area contributed by atoms with Crippen LogP contribution in [0.2, 0.25) is 5.02 Å². The Morgan fingerprint density at radius 3 is 2.83 bits per heavy atom. The summed E-state index contributed by atoms with van der Waals surface area (Å²) in [5, 5.41) is 20.5. The Bertz CT molecular complexity index is 1140. The van der Waals surface area contributed by atoms with E-state index in [9.17, 15) is 0 Å². The van der Waals surface area contributed by atoms with Gasteiger partial charge < -0.3 is 9.15 Å². The highest BCUT2D eigenvalue weighted by atomic mass is 35.5. The number of rotatable bonds is 8. The third-order valence-electron chi connectivity index (χ3n) is 4.64. The summed E-state index contributed by atoms with van der Waals surface area (Å²) in [4.78, 5) is 0.964. The number of hydrogen-bond acceptors (Lipinski definition) is 8. The maximum Gasteiger partial charge on any atom is 0.257 e. The van der Waals surface area contributed by atoms with Crippen LogP contribution in [0.1, 0.15) is 42.8 Å². The van der Waals surface area contributed by atoms with E-state index in [1.807, 2.05) is 42.6 Å². The topological polar surface area (TPSA) is 78.9 Å². The normalized spacial score (nSPS) is 14.7. The molecule has 0 bridgehead atoms. The molecule has 30 heavy (non-hydrogen) atoms. The Balaban J connectivity index is 1.32. The van der Waals surface area contributed by atoms with Crippen LogP contribution in [-0.4, -0.2) is 25.0 Å². The zero-order chi connectivity index (χ0) is 20.5. The fourth-order valence-corrected chi connectivity index (χ4v) is 4.80. The molecule has 1 unspecified atom stereocenters. The summed E-state index contributed by atoms with van der Waals surface area (Å²) in [5.74, 6) is 2.54. The lowest BCUT2D eigenvalue weighted by atomic mass is 10.3. The number of nitrogens with zero attached hydrogens (tertiary/aromatic N) is 5. The minimum absolute atomic E-state index is 0.0507. The average Bonchev–Trinajstić information content (AvgIpc) is 3.16. The molecule has 0 aliphatic heterocycles. The van der Waals surface area contributed by atoms with Gasteiger partial charge in [0.1, 0.15) is 12.4 Å². The van der Waals surface area contributed by atoms with Crippen molar-refractivity contribution in [3.8, 4) is 16.5 Å². The molecule has 0 amide bonds. The predicted octanol–water partition coefficient (Wildman–Crippen LogP) is 5.81. The van der Waals surface area contributed by atoms with E-state index in [1.54, 1.807) is 29.2 Å². The third kappa shape index (κ3) is 4.10. The predicted molar refractivity (Wildman–Crippen MR) is 116 cm³/mol. The summed E-state index contributed by atoms with van der Waals surface area (Å²) < 4.78 is 13.9. The lowest BCUT2D eigenvalue weighted by molar-refractivity contribution is 0.288. The van der Waals surface area contributed by atoms with Gasteiger partial charge in [-0.3, -0.25) is 4.57 Å². The van der Waals surface area contributed by atoms with Gasteiger partial charge in [0.15, 0.2) is 11.0 Å². The number of aromatic nitrogens is 5. The van der Waals surface area contributed by atoms with Gasteiger partial charge in [0.05, 0.1) is 15.1 Å². The average molecular weight is 460 g/mol. The van der Waals surface area contributed by atoms with E-state index in [4.69, 9.17) is 20.8 Å². The van der Waals surface area contributed by atoms with Crippen molar-refractivity contribution in [2.24, 2.45) is 0 Å². The van der Waals surface area contributed by atoms with Crippen molar-refractivity contribution in [2.45, 2.75) is 42.8 Å². The summed E-state index contributed by atoms with van der Waals surface area (Å²) in [5.41, 5.74) is 0. The monoisotopic (exact) mass is 459 g/mol. The van der Waals surface area contributed by atoms with Gasteiger partial charge in [-0.15, -0.1) is 31.7 Å². The fraction of sp³-hybridized carbons (Fsp3) is 0.300. The number of ether oxygens (including phenoxy) is 1. The standard InChI is InChI=1S/C20H18ClN5O2S2/c1-12(18-23-24-19(28-18)16-7-4-10-29-16)30-20-25-22-17(26(20)13-8-9-13)11-27-15-6-3-2-5-14(15)21/h2-7,10,12-13H,8-9,11H2,1H3. The van der Waals surface area contributed by atoms with Crippen LogP contribution in [0.25, 0.3) is 10.8 Å². The third-order valence-corrected chi connectivity index (χ3v) is 6.86. The molecule has 1 atom stereocenters. The molecule has 0 radical (unpaired) electrons. The van der Waals surface area contributed by atoms with E-state index in [-0.39, 0.29) is 5.25 Å². The van der Waals surface area contributed by atoms with E-state index in [1.165, 1.54) is 0 Å². The molecule has 0 saturated heterocycles. The van der Waals surface area contributed by atoms with Gasteiger partial charge in [0, 0.05) is 6.04 Å². The van der Waals surface area contributed by atoms with Crippen LogP contribution in [0.15, 0.2) is 51.4 Å². The fourth-order valence-electron chi connectivity index (χ4n) is 3.00. The van der Waals surface area contributed by atoms with Crippen LogP contribution in [0.5, 0.6) is 5.75 Å². The first-order valence-electron chi connectivity index (χ1n) is 9.54. The number of para-hydroxylation sites is 1. The molecule has 4 aromatic rings. The van der Waals surface area contributed by atoms with Crippen molar-refractivity contribution in [1.29, 1.82) is 0 Å². The summed E-state index contributed by atoms with van der Waals surface area (Å²) in [6.07, 6.45) is 2.23. The molecular weight excluding hydrogens is 442 g/mol. The SMILES string of the molecule is CC(Sc1nnc(COc2ccccc2Cl)n1C1CC1)c1nnc(-c2cccs2)o1. The van der Waals surface area contributed by atoms with Crippen molar-refractivity contribution >= 4 is 34.7 Å². The molecule has 5 rings (SSSR count). The molecule has 1 fully saturated rings. The van der Waals surface area contributed by atoms with Gasteiger partial charge in [0.2, 0.25) is 5.89 Å². The lowest BCUT2D eigenvalue weighted by Crippen LogP contribution is -2.07. The van der Waals surface area contributed by atoms with Crippen molar-refractivity contribution in [2.75, 3.05) is 0 Å². The zero-order valence-corrected chi connectivity index (χ0v) is 18.5. The lowest BCUT2D eigenvalue weighted by Gasteiger charge is -2.12. The van der Waals surface area contributed by atoms with Crippen molar-refractivity contribution in [3.05, 3.63) is 58.5 Å². The summed E-state index contributed by atoms with van der Waals surface area (Å²) in [6, 6.07) is 11.8. The molecule has 1 aliphatic carbocycles. The first-order valence-corrected chi connectivity index (χ1v) is 11.7. The second-order valence-corrected chi connectivity index (χ2v) is 9.56. The highest BCUT2D eigenvalue weighted by Gasteiger charge is 2.31. The molecule has 3 heterocycles. The van der Waals surface area contributed by atoms with Crippen LogP contribution < -0.4 is 4.74 Å². The first-order chi connectivity index (χ1) is 14.7. The molecule has 0 spiro atoms. The molecule has 1 saturated carbocycles. The quantitative estimate of drug-likeness (QED) is 0.307. The van der Waals surface area contributed by atoms with Crippen LogP contribution in [0, 0.1) is 0 Å². The zero-order valence-electron chi connectivity index (χ0n) is 16.1. The van der Waals surface area contributed by atoms with Crippen molar-refractivity contribution in [3.63, 3.8) is 0 Å². The minimum Gasteiger partial charge on any atom is -0.484 e. The first kappa shape index (κ1) is 19.6. The maximum atomic E-state index is 6.19. The number of benzene rings is 1. The number of hydrogen-bond donors (Lipinski definition) is 0. The molecule has 0 N–H and O–H groups in total. The smallest absolute Gasteiger partial charge is 0.257 e. The Labute approximate surface area is 186 Å². The van der Waals surface area contributed by atoms with E-state index in [0.29, 0.717) is 35.2 Å². The van der Waals surface area contributed by atoms with E-state index < -0.39 is 0 Å². The number of halogens is 1. The van der Waals surface area contributed by atoms with Crippen LogP contribution >= 0.6 is 34.7 Å². The Kier molecular flexibility index (Phi) is 5.49. The van der Waals surface area contributed by atoms with Gasteiger partial charge in [-0.25, -0.2) is 0 Å². The van der Waals surface area contributed by atoms with Crippen LogP contribution in [0.3, 0.4) is 0 Å². The Morgan fingerprint density at radius 1 is 1.20 bits per heavy atom. The maximum absolute atomic E-state index is 6.19. The van der Waals surface area contributed by atoms with Crippen molar-refractivity contribution < 1.29 is 9.15 Å². The molecule has 1 aromatic carbocycles. The molecule has 3 aromatic heterocycles. The van der Waals surface area contributed by atoms with Gasteiger partial charge >= 0.3 is 0 Å². The van der Waals surface area contributed by atoms with E-state index >= 15 is 0 Å². The van der Waals surface area contributed by atoms with Gasteiger partial charge in [0.25, 0.3) is 5.89 Å². The Morgan fingerprint density at radius 2 is 2.07 bits per heavy atom. The van der Waals surface area contributed by atoms with Gasteiger partial charge in [-0.05, 0) is 43.3 Å². The van der Waals surface area contributed by atoms with Crippen molar-refractivity contribution in [1.82, 2.24) is 25.0 Å². The molecule has 1 aliphatic rings. The largest absolute Gasteiger partial charge is 0.484 e. The van der Waals surface area contributed by atoms with Crippen LogP contribution in [0.4, 0.5) is 0 Å². The second-order valence-electron chi connectivity index (χ2n) is 6.90.